The van der Waals surface area contributed by atoms with E-state index in [1.54, 1.807) is 0 Å². The van der Waals surface area contributed by atoms with Crippen LogP contribution in [0, 0.1) is 0 Å². The van der Waals surface area contributed by atoms with E-state index in [2.05, 4.69) is 4.72 Å². The van der Waals surface area contributed by atoms with Crippen molar-refractivity contribution in [1.82, 2.24) is 4.72 Å². The van der Waals surface area contributed by atoms with E-state index in [0.29, 0.717) is 5.82 Å². The first-order chi connectivity index (χ1) is 3.39. The van der Waals surface area contributed by atoms with Gasteiger partial charge in [-0.05, 0) is 23.4 Å². The largest absolute Gasteiger partial charge is 0.385 e. The molecule has 0 aliphatic carbocycles. The van der Waals surface area contributed by atoms with Gasteiger partial charge in [0.25, 0.3) is 0 Å². The van der Waals surface area contributed by atoms with Crippen LogP contribution < -0.4 is 10.5 Å². The van der Waals surface area contributed by atoms with Crippen molar-refractivity contribution in [2.75, 3.05) is 0 Å². The first kappa shape index (κ1) is 4.59. The van der Waals surface area contributed by atoms with Gasteiger partial charge in [-0.3, -0.25) is 0 Å². The number of nitrogens with two attached hydrogens (primary N) is 1. The molecule has 0 aromatic rings. The Hall–Kier alpha value is -0.570. The SMILES string of the molecule is NC1=CC=CSN1. The van der Waals surface area contributed by atoms with Crippen molar-refractivity contribution < 1.29 is 0 Å². The van der Waals surface area contributed by atoms with Crippen molar-refractivity contribution >= 4 is 11.9 Å². The van der Waals surface area contributed by atoms with Gasteiger partial charge in [-0.25, -0.2) is 0 Å². The van der Waals surface area contributed by atoms with Crippen LogP contribution in [0.4, 0.5) is 0 Å². The van der Waals surface area contributed by atoms with Gasteiger partial charge in [0.15, 0.2) is 0 Å². The van der Waals surface area contributed by atoms with Gasteiger partial charge in [0, 0.05) is 0 Å². The summed E-state index contributed by atoms with van der Waals surface area (Å²) in [6.45, 7) is 0. The van der Waals surface area contributed by atoms with Gasteiger partial charge in [0.2, 0.25) is 0 Å². The second kappa shape index (κ2) is 1.93. The lowest BCUT2D eigenvalue weighted by Crippen LogP contribution is -2.12. The maximum atomic E-state index is 5.31. The van der Waals surface area contributed by atoms with Crippen LogP contribution in [0.25, 0.3) is 0 Å². The Balaban J connectivity index is 2.57. The van der Waals surface area contributed by atoms with Crippen LogP contribution in [0.2, 0.25) is 0 Å². The minimum atomic E-state index is 0.715. The summed E-state index contributed by atoms with van der Waals surface area (Å²) in [5, 5.41) is 1.93. The first-order valence-electron chi connectivity index (χ1n) is 1.93. The van der Waals surface area contributed by atoms with Crippen molar-refractivity contribution in [3.63, 3.8) is 0 Å². The molecule has 38 valence electrons. The van der Waals surface area contributed by atoms with Crippen LogP contribution in [0.15, 0.2) is 23.4 Å². The van der Waals surface area contributed by atoms with Crippen LogP contribution in [0.5, 0.6) is 0 Å². The van der Waals surface area contributed by atoms with Crippen LogP contribution in [0.1, 0.15) is 0 Å². The summed E-state index contributed by atoms with van der Waals surface area (Å²) in [4.78, 5) is 0. The van der Waals surface area contributed by atoms with Gasteiger partial charge in [0.1, 0.15) is 5.82 Å². The molecule has 0 saturated carbocycles. The molecule has 0 saturated heterocycles. The minimum absolute atomic E-state index is 0.715. The normalized spacial score (nSPS) is 18.0. The third-order valence-corrected chi connectivity index (χ3v) is 1.25. The Morgan fingerprint density at radius 1 is 1.71 bits per heavy atom. The molecule has 1 aliphatic rings. The lowest BCUT2D eigenvalue weighted by molar-refractivity contribution is 1.15. The van der Waals surface area contributed by atoms with Gasteiger partial charge in [-0.15, -0.1) is 0 Å². The van der Waals surface area contributed by atoms with Crippen molar-refractivity contribution in [2.24, 2.45) is 5.73 Å². The summed E-state index contributed by atoms with van der Waals surface area (Å²) in [5.41, 5.74) is 5.31. The van der Waals surface area contributed by atoms with E-state index >= 15 is 0 Å². The molecule has 0 aromatic carbocycles. The first-order valence-corrected chi connectivity index (χ1v) is 2.81. The van der Waals surface area contributed by atoms with Crippen molar-refractivity contribution in [3.05, 3.63) is 23.4 Å². The smallest absolute Gasteiger partial charge is 0.106 e. The highest BCUT2D eigenvalue weighted by Crippen LogP contribution is 2.02. The highest BCUT2D eigenvalue weighted by molar-refractivity contribution is 8.00. The topological polar surface area (TPSA) is 38.0 Å². The fraction of sp³-hybridized carbons (Fsp3) is 0. The number of hydrogen-bond acceptors (Lipinski definition) is 3. The molecule has 0 fully saturated rings. The van der Waals surface area contributed by atoms with Gasteiger partial charge in [-0.1, -0.05) is 6.08 Å². The number of hydrogen-bond donors (Lipinski definition) is 2. The molecule has 3 N–H and O–H groups in total. The number of nitrogens with one attached hydrogen (secondary N) is 1. The second-order valence-corrected chi connectivity index (χ2v) is 1.88. The summed E-state index contributed by atoms with van der Waals surface area (Å²) in [6.07, 6.45) is 3.72. The van der Waals surface area contributed by atoms with Crippen LogP contribution >= 0.6 is 11.9 Å². The third-order valence-electron chi connectivity index (χ3n) is 0.599. The molecule has 0 spiro atoms. The van der Waals surface area contributed by atoms with Gasteiger partial charge < -0.3 is 10.5 Å². The molecule has 7 heavy (non-hydrogen) atoms. The Morgan fingerprint density at radius 2 is 2.57 bits per heavy atom. The Labute approximate surface area is 46.6 Å². The molecule has 0 atom stereocenters. The van der Waals surface area contributed by atoms with E-state index in [-0.39, 0.29) is 0 Å². The standard InChI is InChI=1S/C4H6N2S/c5-4-2-1-3-7-6-4/h1-3,6H,5H2. The maximum Gasteiger partial charge on any atom is 0.106 e. The van der Waals surface area contributed by atoms with E-state index in [1.165, 1.54) is 11.9 Å². The van der Waals surface area contributed by atoms with Crippen molar-refractivity contribution in [3.8, 4) is 0 Å². The molecule has 1 heterocycles. The van der Waals surface area contributed by atoms with E-state index in [0.717, 1.165) is 0 Å². The second-order valence-electron chi connectivity index (χ2n) is 1.17. The number of rotatable bonds is 0. The lowest BCUT2D eigenvalue weighted by Gasteiger charge is -2.02. The summed E-state index contributed by atoms with van der Waals surface area (Å²) in [6, 6.07) is 0. The monoisotopic (exact) mass is 114 g/mol. The average Bonchev–Trinajstić information content (AvgIpc) is 1.69. The predicted molar refractivity (Wildman–Crippen MR) is 32.1 cm³/mol. The zero-order valence-corrected chi connectivity index (χ0v) is 4.53. The Kier molecular flexibility index (Phi) is 1.26. The van der Waals surface area contributed by atoms with Gasteiger partial charge in [-0.2, -0.15) is 0 Å². The van der Waals surface area contributed by atoms with Gasteiger partial charge >= 0.3 is 0 Å². The van der Waals surface area contributed by atoms with Crippen molar-refractivity contribution in [1.29, 1.82) is 0 Å². The summed E-state index contributed by atoms with van der Waals surface area (Å²) in [7, 11) is 0. The molecule has 0 radical (unpaired) electrons. The third kappa shape index (κ3) is 1.16. The van der Waals surface area contributed by atoms with Crippen LogP contribution in [-0.2, 0) is 0 Å². The highest BCUT2D eigenvalue weighted by atomic mass is 32.2. The predicted octanol–water partition coefficient (Wildman–Crippen LogP) is 0.552. The summed E-state index contributed by atoms with van der Waals surface area (Å²) >= 11 is 1.48. The lowest BCUT2D eigenvalue weighted by atomic mass is 10.5. The Morgan fingerprint density at radius 3 is 2.86 bits per heavy atom. The van der Waals surface area contributed by atoms with Crippen LogP contribution in [-0.4, -0.2) is 0 Å². The van der Waals surface area contributed by atoms with E-state index < -0.39 is 0 Å². The zero-order valence-electron chi connectivity index (χ0n) is 3.72. The van der Waals surface area contributed by atoms with Crippen molar-refractivity contribution in [2.45, 2.75) is 0 Å². The average molecular weight is 114 g/mol. The highest BCUT2D eigenvalue weighted by Gasteiger charge is 1.86. The molecule has 1 rings (SSSR count). The maximum absolute atomic E-state index is 5.31. The van der Waals surface area contributed by atoms with E-state index in [9.17, 15) is 0 Å². The molecule has 0 aromatic heterocycles. The summed E-state index contributed by atoms with van der Waals surface area (Å²) < 4.78 is 2.85. The fourth-order valence-corrected chi connectivity index (χ4v) is 0.748. The van der Waals surface area contributed by atoms with Gasteiger partial charge in [0.05, 0.1) is 0 Å². The number of allylic oxidation sites excluding steroid dienone is 2. The molecule has 0 amide bonds. The van der Waals surface area contributed by atoms with E-state index in [4.69, 9.17) is 5.73 Å². The zero-order chi connectivity index (χ0) is 5.11. The molecule has 0 unspecified atom stereocenters. The molecular weight excluding hydrogens is 108 g/mol. The molecule has 1 aliphatic heterocycles. The summed E-state index contributed by atoms with van der Waals surface area (Å²) in [5.74, 6) is 0.715. The fourth-order valence-electron chi connectivity index (χ4n) is 0.318. The molecule has 3 heteroatoms. The van der Waals surface area contributed by atoms with Crippen LogP contribution in [0.3, 0.4) is 0 Å². The van der Waals surface area contributed by atoms with E-state index in [1.807, 2.05) is 17.6 Å². The minimum Gasteiger partial charge on any atom is -0.385 e. The quantitative estimate of drug-likeness (QED) is 0.452. The Bertz CT molecular complexity index is 117. The molecular formula is C4H6N2S. The molecule has 0 bridgehead atoms. The molecule has 2 nitrogen and oxygen atoms in total.